The molecule has 178 valence electrons. The molecule has 1 heterocycles. The van der Waals surface area contributed by atoms with Crippen molar-refractivity contribution >= 4 is 29.6 Å². The lowest BCUT2D eigenvalue weighted by molar-refractivity contribution is -0.159. The second-order valence-electron chi connectivity index (χ2n) is 8.49. The average Bonchev–Trinajstić information content (AvgIpc) is 2.79. The predicted molar refractivity (Wildman–Crippen MR) is 127 cm³/mol. The molecule has 8 heteroatoms. The van der Waals surface area contributed by atoms with E-state index in [4.69, 9.17) is 0 Å². The molecule has 1 fully saturated rings. The number of amides is 1. The summed E-state index contributed by atoms with van der Waals surface area (Å²) in [4.78, 5) is 39.0. The maximum atomic E-state index is 13.3. The van der Waals surface area contributed by atoms with E-state index in [-0.39, 0.29) is 5.91 Å². The van der Waals surface area contributed by atoms with Crippen LogP contribution in [0.1, 0.15) is 57.9 Å². The van der Waals surface area contributed by atoms with Crippen molar-refractivity contribution in [3.05, 3.63) is 35.9 Å². The van der Waals surface area contributed by atoms with Crippen LogP contribution in [-0.4, -0.2) is 68.6 Å². The van der Waals surface area contributed by atoms with Gasteiger partial charge in [0.2, 0.25) is 5.91 Å². The van der Waals surface area contributed by atoms with Gasteiger partial charge in [0.25, 0.3) is 0 Å². The van der Waals surface area contributed by atoms with E-state index < -0.39 is 29.6 Å². The molecule has 3 atom stereocenters. The predicted octanol–water partition coefficient (Wildman–Crippen LogP) is 3.42. The van der Waals surface area contributed by atoms with E-state index >= 15 is 0 Å². The Morgan fingerprint density at radius 3 is 2.50 bits per heavy atom. The molecule has 0 saturated carbocycles. The number of hydrogen-bond acceptors (Lipinski definition) is 5. The van der Waals surface area contributed by atoms with Crippen LogP contribution in [-0.2, 0) is 20.8 Å². The Morgan fingerprint density at radius 2 is 1.88 bits per heavy atom. The van der Waals surface area contributed by atoms with Crippen molar-refractivity contribution in [2.75, 3.05) is 18.1 Å². The molecule has 2 rings (SSSR count). The minimum absolute atomic E-state index is 0.339. The number of aliphatic carboxylic acids is 2. The van der Waals surface area contributed by atoms with Gasteiger partial charge in [-0.05, 0) is 31.7 Å². The summed E-state index contributed by atoms with van der Waals surface area (Å²) in [6, 6.07) is 7.93. The minimum Gasteiger partial charge on any atom is -0.480 e. The molecule has 0 radical (unpaired) electrons. The van der Waals surface area contributed by atoms with Crippen LogP contribution >= 0.6 is 11.8 Å². The van der Waals surface area contributed by atoms with E-state index in [1.807, 2.05) is 30.3 Å². The van der Waals surface area contributed by atoms with Gasteiger partial charge in [0.15, 0.2) is 0 Å². The highest BCUT2D eigenvalue weighted by molar-refractivity contribution is 7.99. The third-order valence-electron chi connectivity index (χ3n) is 6.11. The molecule has 0 aromatic heterocycles. The van der Waals surface area contributed by atoms with Crippen LogP contribution in [0.3, 0.4) is 0 Å². The van der Waals surface area contributed by atoms with Crippen molar-refractivity contribution in [3.63, 3.8) is 0 Å². The smallest absolute Gasteiger partial charge is 0.330 e. The number of carbonyl (C=O) groups excluding carboxylic acids is 1. The van der Waals surface area contributed by atoms with Crippen molar-refractivity contribution < 1.29 is 24.6 Å². The van der Waals surface area contributed by atoms with E-state index in [0.717, 1.165) is 31.2 Å². The zero-order valence-electron chi connectivity index (χ0n) is 19.1. The van der Waals surface area contributed by atoms with Gasteiger partial charge in [-0.15, -0.1) is 0 Å². The van der Waals surface area contributed by atoms with Gasteiger partial charge in [0.05, 0.1) is 6.04 Å². The lowest BCUT2D eigenvalue weighted by Crippen LogP contribution is -2.65. The highest BCUT2D eigenvalue weighted by Gasteiger charge is 2.49. The van der Waals surface area contributed by atoms with Crippen LogP contribution < -0.4 is 5.32 Å². The summed E-state index contributed by atoms with van der Waals surface area (Å²) < 4.78 is 0. The van der Waals surface area contributed by atoms with Gasteiger partial charge in [-0.3, -0.25) is 14.9 Å². The molecule has 0 aliphatic carbocycles. The lowest BCUT2D eigenvalue weighted by Gasteiger charge is -2.45. The number of carboxylic acids is 2. The average molecular weight is 465 g/mol. The fourth-order valence-corrected chi connectivity index (χ4v) is 5.40. The lowest BCUT2D eigenvalue weighted by atomic mass is 9.90. The monoisotopic (exact) mass is 464 g/mol. The van der Waals surface area contributed by atoms with Crippen molar-refractivity contribution in [2.24, 2.45) is 0 Å². The zero-order chi connectivity index (χ0) is 23.6. The van der Waals surface area contributed by atoms with Gasteiger partial charge in [-0.2, -0.15) is 11.8 Å². The van der Waals surface area contributed by atoms with Crippen molar-refractivity contribution in [1.29, 1.82) is 0 Å². The summed E-state index contributed by atoms with van der Waals surface area (Å²) in [5, 5.41) is 22.7. The number of nitrogens with zero attached hydrogens (tertiary/aromatic N) is 1. The summed E-state index contributed by atoms with van der Waals surface area (Å²) in [7, 11) is 0. The number of hydrogen-bond donors (Lipinski definition) is 3. The number of carboxylic acid groups (broad SMARTS) is 2. The van der Waals surface area contributed by atoms with Crippen LogP contribution in [0.5, 0.6) is 0 Å². The highest BCUT2D eigenvalue weighted by atomic mass is 32.2. The molecule has 32 heavy (non-hydrogen) atoms. The van der Waals surface area contributed by atoms with E-state index in [2.05, 4.69) is 12.2 Å². The van der Waals surface area contributed by atoms with E-state index in [1.54, 1.807) is 18.7 Å². The van der Waals surface area contributed by atoms with Crippen molar-refractivity contribution in [3.8, 4) is 0 Å². The fourth-order valence-electron chi connectivity index (χ4n) is 4.19. The van der Waals surface area contributed by atoms with E-state index in [1.165, 1.54) is 4.90 Å². The molecule has 1 aromatic carbocycles. The highest BCUT2D eigenvalue weighted by Crippen LogP contribution is 2.33. The van der Waals surface area contributed by atoms with Gasteiger partial charge in [-0.25, -0.2) is 4.79 Å². The fraction of sp³-hybridized carbons (Fsp3) is 0.625. The topological polar surface area (TPSA) is 107 Å². The van der Waals surface area contributed by atoms with Crippen LogP contribution in [0.15, 0.2) is 30.3 Å². The van der Waals surface area contributed by atoms with Crippen LogP contribution in [0, 0.1) is 0 Å². The number of nitrogens with one attached hydrogen (secondary N) is 1. The first-order valence-corrected chi connectivity index (χ1v) is 12.6. The summed E-state index contributed by atoms with van der Waals surface area (Å²) >= 11 is 1.56. The minimum atomic E-state index is -1.23. The Labute approximate surface area is 195 Å². The molecular formula is C24H36N2O5S. The summed E-state index contributed by atoms with van der Waals surface area (Å²) in [5.74, 6) is -1.28. The third kappa shape index (κ3) is 6.97. The molecule has 3 unspecified atom stereocenters. The van der Waals surface area contributed by atoms with Gasteiger partial charge in [0.1, 0.15) is 11.6 Å². The number of benzene rings is 1. The number of unbranched alkanes of at least 4 members (excludes halogenated alkanes) is 3. The summed E-state index contributed by atoms with van der Waals surface area (Å²) in [5.41, 5.74) is -0.198. The van der Waals surface area contributed by atoms with Crippen LogP contribution in [0.25, 0.3) is 0 Å². The molecule has 1 amide bonds. The Balaban J connectivity index is 2.08. The molecule has 1 aliphatic rings. The Kier molecular flexibility index (Phi) is 10.5. The number of thioether (sulfide) groups is 1. The van der Waals surface area contributed by atoms with Crippen molar-refractivity contribution in [1.82, 2.24) is 10.2 Å². The molecule has 1 aliphatic heterocycles. The second-order valence-corrected chi connectivity index (χ2v) is 9.60. The SMILES string of the molecule is CCCCCCC1(C(=O)O)CSCCN1C(=O)C(C)NC(CCc1ccccc1)C(=O)O. The quantitative estimate of drug-likeness (QED) is 0.384. The molecule has 0 spiro atoms. The largest absolute Gasteiger partial charge is 0.480 e. The van der Waals surface area contributed by atoms with Gasteiger partial charge < -0.3 is 15.1 Å². The second kappa shape index (κ2) is 12.8. The molecular weight excluding hydrogens is 428 g/mol. The first-order valence-electron chi connectivity index (χ1n) is 11.5. The first-order chi connectivity index (χ1) is 15.3. The Morgan fingerprint density at radius 1 is 1.16 bits per heavy atom. The maximum Gasteiger partial charge on any atom is 0.330 e. The van der Waals surface area contributed by atoms with Crippen LogP contribution in [0.4, 0.5) is 0 Å². The van der Waals surface area contributed by atoms with Crippen molar-refractivity contribution in [2.45, 2.75) is 76.4 Å². The Bertz CT molecular complexity index is 760. The normalized spacial score (nSPS) is 20.5. The summed E-state index contributed by atoms with van der Waals surface area (Å²) in [6.45, 7) is 4.09. The third-order valence-corrected chi connectivity index (χ3v) is 7.26. The molecule has 3 N–H and O–H groups in total. The van der Waals surface area contributed by atoms with E-state index in [0.29, 0.717) is 37.3 Å². The van der Waals surface area contributed by atoms with Gasteiger partial charge in [0, 0.05) is 18.1 Å². The Hall–Kier alpha value is -2.06. The number of rotatable bonds is 13. The molecule has 7 nitrogen and oxygen atoms in total. The number of aryl methyl sites for hydroxylation is 1. The molecule has 1 saturated heterocycles. The molecule has 0 bridgehead atoms. The van der Waals surface area contributed by atoms with Gasteiger partial charge >= 0.3 is 11.9 Å². The first kappa shape index (κ1) is 26.2. The van der Waals surface area contributed by atoms with Crippen LogP contribution in [0.2, 0.25) is 0 Å². The summed E-state index contributed by atoms with van der Waals surface area (Å²) in [6.07, 6.45) is 5.11. The van der Waals surface area contributed by atoms with Gasteiger partial charge in [-0.1, -0.05) is 62.9 Å². The zero-order valence-corrected chi connectivity index (χ0v) is 19.9. The van der Waals surface area contributed by atoms with E-state index in [9.17, 15) is 24.6 Å². The standard InChI is InChI=1S/C24H36N2O5S/c1-3-4-5-9-14-24(23(30)31)17-32-16-15-26(24)21(27)18(2)25-20(22(28)29)13-12-19-10-7-6-8-11-19/h6-8,10-11,18,20,25H,3-5,9,12-17H2,1-2H3,(H,28,29)(H,30,31). The molecule has 1 aromatic rings. The maximum absolute atomic E-state index is 13.3. The number of carbonyl (C=O) groups is 3.